The van der Waals surface area contributed by atoms with Crippen LogP contribution in [0.3, 0.4) is 0 Å². The molecule has 1 fully saturated rings. The van der Waals surface area contributed by atoms with Gasteiger partial charge in [-0.25, -0.2) is 0 Å². The normalized spacial score (nSPS) is 21.9. The second-order valence-electron chi connectivity index (χ2n) is 5.65. The van der Waals surface area contributed by atoms with E-state index in [1.165, 1.54) is 45.4 Å². The molecule has 1 rings (SSSR count). The molecule has 102 valence electrons. The number of likely N-dealkylation sites (N-methyl/N-ethyl adjacent to an activating group) is 1. The third-order valence-electron chi connectivity index (χ3n) is 3.97. The standard InChI is InChI=1S/C14H31N3/c1-5-14(6-2)15-8-10-17(4)12-13-7-9-16(3)11-13/h13-15H,5-12H2,1-4H3. The highest BCUT2D eigenvalue weighted by Crippen LogP contribution is 2.14. The lowest BCUT2D eigenvalue weighted by Crippen LogP contribution is -2.37. The number of hydrogen-bond donors (Lipinski definition) is 1. The van der Waals surface area contributed by atoms with Gasteiger partial charge in [-0.15, -0.1) is 0 Å². The highest BCUT2D eigenvalue weighted by molar-refractivity contribution is 4.75. The molecular weight excluding hydrogens is 210 g/mol. The van der Waals surface area contributed by atoms with Gasteiger partial charge in [-0.05, 0) is 45.8 Å². The van der Waals surface area contributed by atoms with Gasteiger partial charge in [0.05, 0.1) is 0 Å². The summed E-state index contributed by atoms with van der Waals surface area (Å²) in [5, 5.41) is 3.63. The van der Waals surface area contributed by atoms with E-state index in [2.05, 4.69) is 43.1 Å². The third kappa shape index (κ3) is 5.84. The predicted molar refractivity (Wildman–Crippen MR) is 75.5 cm³/mol. The Morgan fingerprint density at radius 1 is 1.35 bits per heavy atom. The molecule has 1 saturated heterocycles. The van der Waals surface area contributed by atoms with Crippen molar-refractivity contribution in [1.82, 2.24) is 15.1 Å². The first-order valence-electron chi connectivity index (χ1n) is 7.26. The summed E-state index contributed by atoms with van der Waals surface area (Å²) in [6.07, 6.45) is 3.86. The van der Waals surface area contributed by atoms with Crippen LogP contribution in [0.4, 0.5) is 0 Å². The molecule has 1 aliphatic heterocycles. The number of likely N-dealkylation sites (tertiary alicyclic amines) is 1. The minimum Gasteiger partial charge on any atom is -0.313 e. The summed E-state index contributed by atoms with van der Waals surface area (Å²) in [4.78, 5) is 4.93. The molecule has 0 bridgehead atoms. The van der Waals surface area contributed by atoms with Gasteiger partial charge in [-0.3, -0.25) is 0 Å². The highest BCUT2D eigenvalue weighted by atomic mass is 15.2. The summed E-state index contributed by atoms with van der Waals surface area (Å²) in [5.74, 6) is 0.887. The average molecular weight is 241 g/mol. The van der Waals surface area contributed by atoms with Gasteiger partial charge in [0.1, 0.15) is 0 Å². The summed E-state index contributed by atoms with van der Waals surface area (Å²) in [7, 11) is 4.49. The Labute approximate surface area is 108 Å². The molecule has 1 heterocycles. The lowest BCUT2D eigenvalue weighted by molar-refractivity contribution is 0.268. The van der Waals surface area contributed by atoms with Crippen molar-refractivity contribution in [2.75, 3.05) is 46.8 Å². The van der Waals surface area contributed by atoms with Crippen LogP contribution >= 0.6 is 0 Å². The lowest BCUT2D eigenvalue weighted by Gasteiger charge is -2.22. The van der Waals surface area contributed by atoms with Crippen LogP contribution in [-0.4, -0.2) is 62.7 Å². The molecule has 0 radical (unpaired) electrons. The van der Waals surface area contributed by atoms with E-state index < -0.39 is 0 Å². The predicted octanol–water partition coefficient (Wildman–Crippen LogP) is 1.65. The molecule has 17 heavy (non-hydrogen) atoms. The monoisotopic (exact) mass is 241 g/mol. The number of nitrogens with one attached hydrogen (secondary N) is 1. The number of nitrogens with zero attached hydrogens (tertiary/aromatic N) is 2. The van der Waals surface area contributed by atoms with Crippen LogP contribution in [0.1, 0.15) is 33.1 Å². The number of rotatable bonds is 8. The van der Waals surface area contributed by atoms with Crippen LogP contribution in [0.25, 0.3) is 0 Å². The van der Waals surface area contributed by atoms with E-state index in [-0.39, 0.29) is 0 Å². The SMILES string of the molecule is CCC(CC)NCCN(C)CC1CCN(C)C1. The fraction of sp³-hybridized carbons (Fsp3) is 1.00. The smallest absolute Gasteiger partial charge is 0.0104 e. The van der Waals surface area contributed by atoms with Crippen molar-refractivity contribution in [2.24, 2.45) is 5.92 Å². The third-order valence-corrected chi connectivity index (χ3v) is 3.97. The highest BCUT2D eigenvalue weighted by Gasteiger charge is 2.20. The first-order chi connectivity index (χ1) is 8.15. The first-order valence-corrected chi connectivity index (χ1v) is 7.26. The van der Waals surface area contributed by atoms with Crippen molar-refractivity contribution in [2.45, 2.75) is 39.2 Å². The fourth-order valence-corrected chi connectivity index (χ4v) is 2.74. The molecule has 1 unspecified atom stereocenters. The molecule has 0 spiro atoms. The Balaban J connectivity index is 2.06. The van der Waals surface area contributed by atoms with Crippen molar-refractivity contribution < 1.29 is 0 Å². The van der Waals surface area contributed by atoms with Crippen molar-refractivity contribution >= 4 is 0 Å². The van der Waals surface area contributed by atoms with E-state index in [4.69, 9.17) is 0 Å². The van der Waals surface area contributed by atoms with Crippen LogP contribution < -0.4 is 5.32 Å². The maximum absolute atomic E-state index is 3.63. The Hall–Kier alpha value is -0.120. The van der Waals surface area contributed by atoms with Gasteiger partial charge in [0.25, 0.3) is 0 Å². The quantitative estimate of drug-likeness (QED) is 0.697. The maximum atomic E-state index is 3.63. The van der Waals surface area contributed by atoms with Gasteiger partial charge < -0.3 is 15.1 Å². The van der Waals surface area contributed by atoms with E-state index >= 15 is 0 Å². The molecular formula is C14H31N3. The van der Waals surface area contributed by atoms with Gasteiger partial charge in [0.15, 0.2) is 0 Å². The van der Waals surface area contributed by atoms with Crippen LogP contribution in [0.2, 0.25) is 0 Å². The Morgan fingerprint density at radius 3 is 2.59 bits per heavy atom. The maximum Gasteiger partial charge on any atom is 0.0104 e. The van der Waals surface area contributed by atoms with Crippen molar-refractivity contribution in [3.63, 3.8) is 0 Å². The van der Waals surface area contributed by atoms with Crippen molar-refractivity contribution in [1.29, 1.82) is 0 Å². The second kappa shape index (κ2) is 8.06. The average Bonchev–Trinajstić information content (AvgIpc) is 2.70. The molecule has 3 nitrogen and oxygen atoms in total. The minimum absolute atomic E-state index is 0.709. The van der Waals surface area contributed by atoms with Crippen molar-refractivity contribution in [3.8, 4) is 0 Å². The van der Waals surface area contributed by atoms with Gasteiger partial charge in [0, 0.05) is 32.2 Å². The number of hydrogen-bond acceptors (Lipinski definition) is 3. The lowest BCUT2D eigenvalue weighted by atomic mass is 10.1. The van der Waals surface area contributed by atoms with E-state index in [0.717, 1.165) is 12.5 Å². The molecule has 0 aromatic rings. The Kier molecular flexibility index (Phi) is 7.09. The van der Waals surface area contributed by atoms with Crippen molar-refractivity contribution in [3.05, 3.63) is 0 Å². The van der Waals surface area contributed by atoms with Crippen LogP contribution in [0.15, 0.2) is 0 Å². The van der Waals surface area contributed by atoms with Gasteiger partial charge >= 0.3 is 0 Å². The first kappa shape index (κ1) is 14.9. The molecule has 0 aromatic heterocycles. The minimum atomic E-state index is 0.709. The molecule has 0 aliphatic carbocycles. The Morgan fingerprint density at radius 2 is 2.06 bits per heavy atom. The zero-order chi connectivity index (χ0) is 12.7. The van der Waals surface area contributed by atoms with E-state index in [0.29, 0.717) is 6.04 Å². The summed E-state index contributed by atoms with van der Waals surface area (Å²) in [6.45, 7) is 10.7. The zero-order valence-electron chi connectivity index (χ0n) is 12.2. The molecule has 1 N–H and O–H groups in total. The van der Waals surface area contributed by atoms with Crippen LogP contribution in [0.5, 0.6) is 0 Å². The van der Waals surface area contributed by atoms with Gasteiger partial charge in [0.2, 0.25) is 0 Å². The summed E-state index contributed by atoms with van der Waals surface area (Å²) >= 11 is 0. The van der Waals surface area contributed by atoms with Crippen LogP contribution in [0, 0.1) is 5.92 Å². The summed E-state index contributed by atoms with van der Waals surface area (Å²) in [6, 6.07) is 0.709. The summed E-state index contributed by atoms with van der Waals surface area (Å²) < 4.78 is 0. The molecule has 1 aliphatic rings. The molecule has 0 saturated carbocycles. The van der Waals surface area contributed by atoms with E-state index in [1.807, 2.05) is 0 Å². The topological polar surface area (TPSA) is 18.5 Å². The van der Waals surface area contributed by atoms with E-state index in [9.17, 15) is 0 Å². The summed E-state index contributed by atoms with van der Waals surface area (Å²) in [5.41, 5.74) is 0. The molecule has 0 amide bonds. The van der Waals surface area contributed by atoms with Gasteiger partial charge in [-0.1, -0.05) is 13.8 Å². The second-order valence-corrected chi connectivity index (χ2v) is 5.65. The largest absolute Gasteiger partial charge is 0.313 e. The van der Waals surface area contributed by atoms with E-state index in [1.54, 1.807) is 0 Å². The van der Waals surface area contributed by atoms with Crippen LogP contribution in [-0.2, 0) is 0 Å². The molecule has 3 heteroatoms. The zero-order valence-corrected chi connectivity index (χ0v) is 12.2. The molecule has 1 atom stereocenters. The fourth-order valence-electron chi connectivity index (χ4n) is 2.74. The van der Waals surface area contributed by atoms with Gasteiger partial charge in [-0.2, -0.15) is 0 Å². The Bertz CT molecular complexity index is 192. The molecule has 0 aromatic carbocycles.